The first-order valence-electron chi connectivity index (χ1n) is 8.42. The lowest BCUT2D eigenvalue weighted by Crippen LogP contribution is -2.50. The zero-order chi connectivity index (χ0) is 18.0. The molecule has 0 bridgehead atoms. The highest BCUT2D eigenvalue weighted by Gasteiger charge is 2.27. The van der Waals surface area contributed by atoms with Crippen LogP contribution in [0.25, 0.3) is 10.9 Å². The van der Waals surface area contributed by atoms with Crippen molar-refractivity contribution >= 4 is 22.9 Å². The number of nitrogens with zero attached hydrogens (tertiary/aromatic N) is 2. The van der Waals surface area contributed by atoms with Crippen LogP contribution in [-0.2, 0) is 4.74 Å². The third kappa shape index (κ3) is 3.26. The van der Waals surface area contributed by atoms with Gasteiger partial charge >= 0.3 is 6.09 Å². The van der Waals surface area contributed by atoms with Crippen LogP contribution in [0.3, 0.4) is 0 Å². The molecule has 0 atom stereocenters. The normalized spacial score (nSPS) is 14.7. The molecule has 0 aliphatic carbocycles. The number of aromatic nitrogens is 1. The minimum atomic E-state index is -0.315. The Kier molecular flexibility index (Phi) is 4.83. The molecule has 1 aromatic carbocycles. The van der Waals surface area contributed by atoms with Crippen molar-refractivity contribution in [3.63, 3.8) is 0 Å². The second-order valence-corrected chi connectivity index (χ2v) is 6.01. The molecule has 0 radical (unpaired) electrons. The lowest BCUT2D eigenvalue weighted by molar-refractivity contribution is 0.0571. The predicted molar refractivity (Wildman–Crippen MR) is 94.1 cm³/mol. The molecule has 1 aromatic heterocycles. The predicted octanol–water partition coefficient (Wildman–Crippen LogP) is 2.40. The van der Waals surface area contributed by atoms with Crippen molar-refractivity contribution in [2.45, 2.75) is 13.8 Å². The number of carbonyl (C=O) groups is 2. The molecule has 0 spiro atoms. The lowest BCUT2D eigenvalue weighted by Gasteiger charge is -2.34. The van der Waals surface area contributed by atoms with Gasteiger partial charge in [0, 0.05) is 43.3 Å². The van der Waals surface area contributed by atoms with E-state index in [1.165, 1.54) is 0 Å². The summed E-state index contributed by atoms with van der Waals surface area (Å²) in [6.07, 6.45) is -0.315. The molecule has 2 amide bonds. The van der Waals surface area contributed by atoms with Gasteiger partial charge in [-0.25, -0.2) is 4.79 Å². The summed E-state index contributed by atoms with van der Waals surface area (Å²) in [6, 6.07) is 5.64. The van der Waals surface area contributed by atoms with Crippen LogP contribution in [-0.4, -0.2) is 66.7 Å². The van der Waals surface area contributed by atoms with Gasteiger partial charge in [-0.15, -0.1) is 0 Å². The van der Waals surface area contributed by atoms with Crippen LogP contribution in [0, 0.1) is 6.92 Å². The van der Waals surface area contributed by atoms with Gasteiger partial charge in [0.1, 0.15) is 5.75 Å². The van der Waals surface area contributed by atoms with E-state index < -0.39 is 0 Å². The van der Waals surface area contributed by atoms with Gasteiger partial charge in [-0.05, 0) is 26.0 Å². The molecule has 0 unspecified atom stereocenters. The Balaban J connectivity index is 1.77. The number of ether oxygens (including phenoxy) is 2. The molecule has 7 heteroatoms. The van der Waals surface area contributed by atoms with Gasteiger partial charge in [-0.2, -0.15) is 0 Å². The van der Waals surface area contributed by atoms with E-state index in [2.05, 4.69) is 4.98 Å². The number of benzene rings is 1. The molecule has 25 heavy (non-hydrogen) atoms. The first-order valence-corrected chi connectivity index (χ1v) is 8.42. The van der Waals surface area contributed by atoms with Crippen molar-refractivity contribution in [1.29, 1.82) is 0 Å². The summed E-state index contributed by atoms with van der Waals surface area (Å²) >= 11 is 0. The van der Waals surface area contributed by atoms with Crippen LogP contribution in [0.2, 0.25) is 0 Å². The van der Waals surface area contributed by atoms with Crippen LogP contribution in [0.4, 0.5) is 4.79 Å². The molecule has 1 N–H and O–H groups in total. The first-order chi connectivity index (χ1) is 12.0. The van der Waals surface area contributed by atoms with E-state index in [4.69, 9.17) is 9.47 Å². The quantitative estimate of drug-likeness (QED) is 0.927. The van der Waals surface area contributed by atoms with Gasteiger partial charge in [-0.1, -0.05) is 0 Å². The molecular weight excluding hydrogens is 322 g/mol. The average molecular weight is 345 g/mol. The fourth-order valence-electron chi connectivity index (χ4n) is 3.18. The summed E-state index contributed by atoms with van der Waals surface area (Å²) in [5.74, 6) is 0.730. The summed E-state index contributed by atoms with van der Waals surface area (Å²) in [7, 11) is 1.62. The average Bonchev–Trinajstić information content (AvgIpc) is 2.96. The second-order valence-electron chi connectivity index (χ2n) is 6.01. The zero-order valence-corrected chi connectivity index (χ0v) is 14.8. The standard InChI is InChI=1S/C18H23N3O4/c1-4-25-18(23)21-9-7-20(8-10-21)17(22)16-12(2)19-15-11-13(24-3)5-6-14(15)16/h5-6,11,19H,4,7-10H2,1-3H3. The van der Waals surface area contributed by atoms with E-state index in [1.54, 1.807) is 23.8 Å². The van der Waals surface area contributed by atoms with Crippen molar-refractivity contribution in [3.8, 4) is 5.75 Å². The maximum atomic E-state index is 13.0. The number of piperazine rings is 1. The number of methoxy groups -OCH3 is 1. The number of aryl methyl sites for hydroxylation is 1. The van der Waals surface area contributed by atoms with E-state index in [0.29, 0.717) is 38.3 Å². The number of hydrogen-bond acceptors (Lipinski definition) is 4. The number of H-pyrrole nitrogens is 1. The first kappa shape index (κ1) is 17.1. The van der Waals surface area contributed by atoms with Gasteiger partial charge in [0.2, 0.25) is 0 Å². The number of carbonyl (C=O) groups excluding carboxylic acids is 2. The van der Waals surface area contributed by atoms with Gasteiger partial charge in [0.25, 0.3) is 5.91 Å². The van der Waals surface area contributed by atoms with Crippen LogP contribution in [0.15, 0.2) is 18.2 Å². The maximum Gasteiger partial charge on any atom is 0.409 e. The van der Waals surface area contributed by atoms with Crippen LogP contribution in [0.1, 0.15) is 23.0 Å². The van der Waals surface area contributed by atoms with Gasteiger partial charge in [0.05, 0.1) is 24.8 Å². The molecule has 7 nitrogen and oxygen atoms in total. The maximum absolute atomic E-state index is 13.0. The van der Waals surface area contributed by atoms with Gasteiger partial charge in [0.15, 0.2) is 0 Å². The highest BCUT2D eigenvalue weighted by atomic mass is 16.6. The van der Waals surface area contributed by atoms with E-state index in [1.807, 2.05) is 25.1 Å². The summed E-state index contributed by atoms with van der Waals surface area (Å²) in [4.78, 5) is 31.4. The Hall–Kier alpha value is -2.70. The van der Waals surface area contributed by atoms with Crippen molar-refractivity contribution in [3.05, 3.63) is 29.5 Å². The molecule has 134 valence electrons. The molecule has 2 heterocycles. The Morgan fingerprint density at radius 2 is 1.84 bits per heavy atom. The monoisotopic (exact) mass is 345 g/mol. The number of hydrogen-bond donors (Lipinski definition) is 1. The van der Waals surface area contributed by atoms with E-state index in [9.17, 15) is 9.59 Å². The smallest absolute Gasteiger partial charge is 0.409 e. The summed E-state index contributed by atoms with van der Waals surface area (Å²) in [5.41, 5.74) is 2.40. The molecule has 1 aliphatic heterocycles. The zero-order valence-electron chi connectivity index (χ0n) is 14.8. The summed E-state index contributed by atoms with van der Waals surface area (Å²) < 4.78 is 10.3. The summed E-state index contributed by atoms with van der Waals surface area (Å²) in [6.45, 7) is 6.01. The van der Waals surface area contributed by atoms with Crippen molar-refractivity contribution < 1.29 is 19.1 Å². The van der Waals surface area contributed by atoms with Crippen molar-refractivity contribution in [2.75, 3.05) is 39.9 Å². The van der Waals surface area contributed by atoms with Crippen molar-refractivity contribution in [1.82, 2.24) is 14.8 Å². The Labute approximate surface area is 146 Å². The third-order valence-corrected chi connectivity index (χ3v) is 4.50. The molecular formula is C18H23N3O4. The fourth-order valence-corrected chi connectivity index (χ4v) is 3.18. The number of amides is 2. The second kappa shape index (κ2) is 7.04. The van der Waals surface area contributed by atoms with Gasteiger partial charge < -0.3 is 24.3 Å². The number of rotatable bonds is 3. The molecule has 1 saturated heterocycles. The lowest BCUT2D eigenvalue weighted by atomic mass is 10.1. The van der Waals surface area contributed by atoms with Crippen molar-refractivity contribution in [2.24, 2.45) is 0 Å². The number of fused-ring (bicyclic) bond motifs is 1. The van der Waals surface area contributed by atoms with Crippen LogP contribution in [0.5, 0.6) is 5.75 Å². The summed E-state index contributed by atoms with van der Waals surface area (Å²) in [5, 5.41) is 0.885. The molecule has 1 fully saturated rings. The minimum absolute atomic E-state index is 0.0163. The van der Waals surface area contributed by atoms with Crippen LogP contribution < -0.4 is 4.74 Å². The highest BCUT2D eigenvalue weighted by Crippen LogP contribution is 2.27. The van der Waals surface area contributed by atoms with E-state index in [0.717, 1.165) is 22.3 Å². The fraction of sp³-hybridized carbons (Fsp3) is 0.444. The molecule has 2 aromatic rings. The third-order valence-electron chi connectivity index (χ3n) is 4.50. The minimum Gasteiger partial charge on any atom is -0.497 e. The Bertz CT molecular complexity index is 791. The molecule has 3 rings (SSSR count). The van der Waals surface area contributed by atoms with E-state index >= 15 is 0 Å². The highest BCUT2D eigenvalue weighted by molar-refractivity contribution is 6.08. The number of aromatic amines is 1. The SMILES string of the molecule is CCOC(=O)N1CCN(C(=O)c2c(C)[nH]c3cc(OC)ccc23)CC1. The Morgan fingerprint density at radius 3 is 2.48 bits per heavy atom. The molecule has 1 aliphatic rings. The topological polar surface area (TPSA) is 74.9 Å². The number of nitrogens with one attached hydrogen (secondary N) is 1. The Morgan fingerprint density at radius 1 is 1.16 bits per heavy atom. The molecule has 0 saturated carbocycles. The van der Waals surface area contributed by atoms with Crippen LogP contribution >= 0.6 is 0 Å². The van der Waals surface area contributed by atoms with Gasteiger partial charge in [-0.3, -0.25) is 4.79 Å². The van der Waals surface area contributed by atoms with E-state index in [-0.39, 0.29) is 12.0 Å². The largest absolute Gasteiger partial charge is 0.497 e.